The number of nitrogens with one attached hydrogen (secondary N) is 1. The zero-order valence-electron chi connectivity index (χ0n) is 11.7. The second-order valence-electron chi connectivity index (χ2n) is 5.64. The number of halogens is 1. The van der Waals surface area contributed by atoms with Gasteiger partial charge in [0.1, 0.15) is 5.82 Å². The summed E-state index contributed by atoms with van der Waals surface area (Å²) in [5, 5.41) is 12.7. The number of carbonyl (C=O) groups excluding carboxylic acids is 1. The van der Waals surface area contributed by atoms with E-state index in [1.54, 1.807) is 25.1 Å². The minimum Gasteiger partial charge on any atom is -0.388 e. The maximum atomic E-state index is 13.4. The largest absolute Gasteiger partial charge is 0.388 e. The quantitative estimate of drug-likeness (QED) is 0.830. The van der Waals surface area contributed by atoms with E-state index >= 15 is 0 Å². The fraction of sp³-hybridized carbons (Fsp3) is 0.533. The van der Waals surface area contributed by atoms with Gasteiger partial charge in [0.2, 0.25) is 5.91 Å². The van der Waals surface area contributed by atoms with Crippen molar-refractivity contribution in [2.24, 2.45) is 5.92 Å². The van der Waals surface area contributed by atoms with Gasteiger partial charge in [-0.1, -0.05) is 32.0 Å². The van der Waals surface area contributed by atoms with E-state index in [0.29, 0.717) is 17.9 Å². The summed E-state index contributed by atoms with van der Waals surface area (Å²) < 4.78 is 13.4. The minimum absolute atomic E-state index is 0.00949. The molecule has 0 bridgehead atoms. The van der Waals surface area contributed by atoms with Crippen LogP contribution in [0.3, 0.4) is 0 Å². The Morgan fingerprint density at radius 2 is 2.05 bits per heavy atom. The molecule has 0 heterocycles. The molecule has 1 aromatic carbocycles. The summed E-state index contributed by atoms with van der Waals surface area (Å²) in [5.41, 5.74) is -0.567. The number of hydrogen-bond acceptors (Lipinski definition) is 2. The lowest BCUT2D eigenvalue weighted by molar-refractivity contribution is -0.121. The van der Waals surface area contributed by atoms with Gasteiger partial charge in [0.05, 0.1) is 12.0 Å². The van der Waals surface area contributed by atoms with Crippen molar-refractivity contribution in [2.75, 3.05) is 6.54 Å². The second-order valence-corrected chi connectivity index (χ2v) is 5.64. The van der Waals surface area contributed by atoms with Gasteiger partial charge in [-0.3, -0.25) is 4.79 Å². The van der Waals surface area contributed by atoms with Crippen molar-refractivity contribution in [3.05, 3.63) is 35.6 Å². The molecule has 0 fully saturated rings. The molecule has 1 unspecified atom stereocenters. The zero-order valence-corrected chi connectivity index (χ0v) is 11.7. The molecule has 4 heteroatoms. The van der Waals surface area contributed by atoms with Gasteiger partial charge in [-0.05, 0) is 30.9 Å². The normalized spacial score (nSPS) is 14.2. The van der Waals surface area contributed by atoms with Crippen LogP contribution in [0, 0.1) is 11.7 Å². The van der Waals surface area contributed by atoms with Gasteiger partial charge in [-0.15, -0.1) is 0 Å². The molecule has 0 radical (unpaired) electrons. The minimum atomic E-state index is -0.931. The summed E-state index contributed by atoms with van der Waals surface area (Å²) in [7, 11) is 0. The first-order chi connectivity index (χ1) is 8.80. The fourth-order valence-electron chi connectivity index (χ4n) is 2.12. The van der Waals surface area contributed by atoms with Crippen molar-refractivity contribution in [3.63, 3.8) is 0 Å². The van der Waals surface area contributed by atoms with Crippen LogP contribution in [0.1, 0.15) is 32.8 Å². The Hall–Kier alpha value is -1.42. The molecule has 0 aliphatic heterocycles. The highest BCUT2D eigenvalue weighted by molar-refractivity contribution is 5.78. The lowest BCUT2D eigenvalue weighted by Crippen LogP contribution is -2.42. The van der Waals surface area contributed by atoms with E-state index in [1.165, 1.54) is 6.07 Å². The average molecular weight is 267 g/mol. The van der Waals surface area contributed by atoms with E-state index in [-0.39, 0.29) is 24.7 Å². The molecule has 19 heavy (non-hydrogen) atoms. The molecule has 1 atom stereocenters. The molecule has 3 nitrogen and oxygen atoms in total. The van der Waals surface area contributed by atoms with E-state index in [9.17, 15) is 14.3 Å². The first-order valence-electron chi connectivity index (χ1n) is 6.52. The average Bonchev–Trinajstić information content (AvgIpc) is 2.28. The molecule has 1 rings (SSSR count). The fourth-order valence-corrected chi connectivity index (χ4v) is 2.12. The molecular weight excluding hydrogens is 245 g/mol. The van der Waals surface area contributed by atoms with Crippen molar-refractivity contribution >= 4 is 5.91 Å². The third-order valence-electron chi connectivity index (χ3n) is 2.82. The van der Waals surface area contributed by atoms with Crippen LogP contribution in [0.15, 0.2) is 24.3 Å². The Morgan fingerprint density at radius 1 is 1.42 bits per heavy atom. The third-order valence-corrected chi connectivity index (χ3v) is 2.82. The van der Waals surface area contributed by atoms with Crippen LogP contribution in [-0.4, -0.2) is 23.2 Å². The van der Waals surface area contributed by atoms with Gasteiger partial charge >= 0.3 is 0 Å². The molecule has 0 aliphatic carbocycles. The van der Waals surface area contributed by atoms with Crippen molar-refractivity contribution in [3.8, 4) is 0 Å². The SMILES string of the molecule is CC(C)CC(C)(O)CNC(=O)Cc1ccccc1F. The lowest BCUT2D eigenvalue weighted by atomic mass is 9.94. The van der Waals surface area contributed by atoms with Gasteiger partial charge in [-0.25, -0.2) is 4.39 Å². The van der Waals surface area contributed by atoms with E-state index in [0.717, 1.165) is 0 Å². The van der Waals surface area contributed by atoms with Crippen LogP contribution in [0.25, 0.3) is 0 Å². The Morgan fingerprint density at radius 3 is 2.63 bits per heavy atom. The van der Waals surface area contributed by atoms with Crippen LogP contribution < -0.4 is 5.32 Å². The number of hydrogen-bond donors (Lipinski definition) is 2. The predicted molar refractivity (Wildman–Crippen MR) is 73.2 cm³/mol. The smallest absolute Gasteiger partial charge is 0.224 e. The van der Waals surface area contributed by atoms with Gasteiger partial charge in [-0.2, -0.15) is 0 Å². The van der Waals surface area contributed by atoms with Crippen molar-refractivity contribution in [1.82, 2.24) is 5.32 Å². The van der Waals surface area contributed by atoms with Crippen molar-refractivity contribution in [1.29, 1.82) is 0 Å². The standard InChI is InChI=1S/C15H22FNO2/c1-11(2)9-15(3,19)10-17-14(18)8-12-6-4-5-7-13(12)16/h4-7,11,19H,8-10H2,1-3H3,(H,17,18). The van der Waals surface area contributed by atoms with Crippen LogP contribution >= 0.6 is 0 Å². The topological polar surface area (TPSA) is 49.3 Å². The Bertz CT molecular complexity index is 430. The van der Waals surface area contributed by atoms with E-state index in [2.05, 4.69) is 5.32 Å². The first-order valence-corrected chi connectivity index (χ1v) is 6.52. The van der Waals surface area contributed by atoms with E-state index in [4.69, 9.17) is 0 Å². The number of benzene rings is 1. The van der Waals surface area contributed by atoms with Crippen LogP contribution in [0.4, 0.5) is 4.39 Å². The molecule has 1 amide bonds. The Kier molecular flexibility index (Phi) is 5.48. The van der Waals surface area contributed by atoms with Crippen molar-refractivity contribution in [2.45, 2.75) is 39.2 Å². The second kappa shape index (κ2) is 6.66. The summed E-state index contributed by atoms with van der Waals surface area (Å²) in [6.07, 6.45) is 0.595. The number of amides is 1. The molecular formula is C15H22FNO2. The molecule has 0 saturated carbocycles. The highest BCUT2D eigenvalue weighted by Crippen LogP contribution is 2.15. The molecule has 0 saturated heterocycles. The predicted octanol–water partition coefficient (Wildman–Crippen LogP) is 2.28. The highest BCUT2D eigenvalue weighted by atomic mass is 19.1. The van der Waals surface area contributed by atoms with Gasteiger partial charge in [0.25, 0.3) is 0 Å². The summed E-state index contributed by atoms with van der Waals surface area (Å²) in [4.78, 5) is 11.7. The lowest BCUT2D eigenvalue weighted by Gasteiger charge is -2.25. The third kappa shape index (κ3) is 5.83. The van der Waals surface area contributed by atoms with Crippen molar-refractivity contribution < 1.29 is 14.3 Å². The summed E-state index contributed by atoms with van der Waals surface area (Å²) in [6, 6.07) is 6.20. The Labute approximate surface area is 113 Å². The maximum Gasteiger partial charge on any atom is 0.224 e. The molecule has 0 aromatic heterocycles. The van der Waals surface area contributed by atoms with Crippen LogP contribution in [0.5, 0.6) is 0 Å². The van der Waals surface area contributed by atoms with Crippen LogP contribution in [-0.2, 0) is 11.2 Å². The highest BCUT2D eigenvalue weighted by Gasteiger charge is 2.22. The molecule has 0 aliphatic rings. The summed E-state index contributed by atoms with van der Waals surface area (Å²) >= 11 is 0. The number of aliphatic hydroxyl groups is 1. The maximum absolute atomic E-state index is 13.4. The Balaban J connectivity index is 2.46. The van der Waals surface area contributed by atoms with Crippen LogP contribution in [0.2, 0.25) is 0 Å². The molecule has 2 N–H and O–H groups in total. The van der Waals surface area contributed by atoms with Gasteiger partial charge in [0.15, 0.2) is 0 Å². The molecule has 0 spiro atoms. The van der Waals surface area contributed by atoms with E-state index < -0.39 is 5.60 Å². The molecule has 106 valence electrons. The first kappa shape index (κ1) is 15.6. The molecule has 1 aromatic rings. The van der Waals surface area contributed by atoms with E-state index in [1.807, 2.05) is 13.8 Å². The summed E-state index contributed by atoms with van der Waals surface area (Å²) in [6.45, 7) is 5.89. The number of rotatable bonds is 6. The zero-order chi connectivity index (χ0) is 14.5. The number of carbonyl (C=O) groups is 1. The summed E-state index contributed by atoms with van der Waals surface area (Å²) in [5.74, 6) is -0.320. The van der Waals surface area contributed by atoms with Gasteiger partial charge in [0, 0.05) is 6.54 Å². The van der Waals surface area contributed by atoms with Gasteiger partial charge < -0.3 is 10.4 Å². The monoisotopic (exact) mass is 267 g/mol.